The highest BCUT2D eigenvalue weighted by molar-refractivity contribution is 7.92. The van der Waals surface area contributed by atoms with Gasteiger partial charge in [0, 0.05) is 6.07 Å². The first-order valence-electron chi connectivity index (χ1n) is 6.88. The smallest absolute Gasteiger partial charge is 0.468 e. The summed E-state index contributed by atoms with van der Waals surface area (Å²) in [5.74, 6) is -0.974. The molecule has 0 bridgehead atoms. The van der Waals surface area contributed by atoms with Crippen molar-refractivity contribution >= 4 is 15.7 Å². The summed E-state index contributed by atoms with van der Waals surface area (Å²) in [6.45, 7) is -1.56. The molecule has 0 aliphatic carbocycles. The Morgan fingerprint density at radius 2 is 1.59 bits per heavy atom. The van der Waals surface area contributed by atoms with E-state index < -0.39 is 34.9 Å². The zero-order chi connectivity index (χ0) is 20.3. The molecule has 0 unspecified atom stereocenters. The number of anilines is 1. The van der Waals surface area contributed by atoms with E-state index in [-0.39, 0.29) is 16.5 Å². The van der Waals surface area contributed by atoms with Crippen molar-refractivity contribution in [2.24, 2.45) is 0 Å². The van der Waals surface area contributed by atoms with Crippen LogP contribution < -0.4 is 14.2 Å². The zero-order valence-corrected chi connectivity index (χ0v) is 13.8. The van der Waals surface area contributed by atoms with Gasteiger partial charge in [0.15, 0.2) is 6.61 Å². The van der Waals surface area contributed by atoms with E-state index in [1.807, 2.05) is 0 Å². The Morgan fingerprint density at radius 1 is 0.963 bits per heavy atom. The molecule has 0 atom stereocenters. The molecule has 0 aliphatic rings. The number of alkyl halides is 6. The second-order valence-corrected chi connectivity index (χ2v) is 6.60. The Morgan fingerprint density at radius 3 is 2.07 bits per heavy atom. The molecule has 0 saturated heterocycles. The van der Waals surface area contributed by atoms with Crippen molar-refractivity contribution in [2.45, 2.75) is 17.4 Å². The quantitative estimate of drug-likeness (QED) is 0.727. The predicted molar refractivity (Wildman–Crippen MR) is 79.7 cm³/mol. The Bertz CT molecular complexity index is 864. The van der Waals surface area contributed by atoms with Crippen LogP contribution in [0.15, 0.2) is 47.5 Å². The van der Waals surface area contributed by atoms with Crippen LogP contribution in [-0.2, 0) is 10.0 Å². The largest absolute Gasteiger partial charge is 0.573 e. The van der Waals surface area contributed by atoms with E-state index in [0.717, 1.165) is 42.6 Å². The van der Waals surface area contributed by atoms with Gasteiger partial charge in [-0.3, -0.25) is 4.72 Å². The highest BCUT2D eigenvalue weighted by atomic mass is 32.2. The summed E-state index contributed by atoms with van der Waals surface area (Å²) in [6.07, 6.45) is -8.55. The molecule has 13 heteroatoms. The summed E-state index contributed by atoms with van der Waals surface area (Å²) in [6, 6.07) is 5.53. The van der Waals surface area contributed by atoms with Crippen molar-refractivity contribution in [1.29, 1.82) is 0 Å². The lowest BCUT2D eigenvalue weighted by Crippen LogP contribution is -2.19. The lowest BCUT2D eigenvalue weighted by Gasteiger charge is -2.11. The summed E-state index contributed by atoms with van der Waals surface area (Å²) < 4.78 is 107. The zero-order valence-electron chi connectivity index (χ0n) is 13.0. The van der Waals surface area contributed by atoms with E-state index in [0.29, 0.717) is 0 Å². The van der Waals surface area contributed by atoms with Gasteiger partial charge in [-0.05, 0) is 30.3 Å². The Labute approximate surface area is 148 Å². The number of nitrogens with zero attached hydrogens (tertiary/aromatic N) is 1. The fraction of sp³-hybridized carbons (Fsp3) is 0.214. The van der Waals surface area contributed by atoms with Gasteiger partial charge in [0.1, 0.15) is 5.75 Å². The number of aromatic nitrogens is 1. The molecule has 2 rings (SSSR count). The molecule has 0 spiro atoms. The summed E-state index contributed by atoms with van der Waals surface area (Å²) in [4.78, 5) is 3.15. The SMILES string of the molecule is O=S(=O)(Nc1ccc(OCC(F)(F)F)nc1)c1ccc(OC(F)(F)F)cc1. The van der Waals surface area contributed by atoms with Gasteiger partial charge in [-0.15, -0.1) is 13.2 Å². The third-order valence-electron chi connectivity index (χ3n) is 2.74. The predicted octanol–water partition coefficient (Wildman–Crippen LogP) is 3.72. The van der Waals surface area contributed by atoms with E-state index >= 15 is 0 Å². The summed E-state index contributed by atoms with van der Waals surface area (Å²) in [7, 11) is -4.17. The van der Waals surface area contributed by atoms with E-state index in [1.165, 1.54) is 0 Å². The molecule has 0 saturated carbocycles. The monoisotopic (exact) mass is 416 g/mol. The maximum Gasteiger partial charge on any atom is 0.573 e. The van der Waals surface area contributed by atoms with Gasteiger partial charge < -0.3 is 9.47 Å². The average Bonchev–Trinajstić information content (AvgIpc) is 2.52. The van der Waals surface area contributed by atoms with Crippen LogP contribution in [0.1, 0.15) is 0 Å². The number of ether oxygens (including phenoxy) is 2. The minimum Gasteiger partial charge on any atom is -0.468 e. The molecule has 0 aliphatic heterocycles. The maximum absolute atomic E-state index is 12.2. The molecule has 0 radical (unpaired) electrons. The molecule has 0 fully saturated rings. The molecule has 148 valence electrons. The van der Waals surface area contributed by atoms with Crippen molar-refractivity contribution in [1.82, 2.24) is 4.98 Å². The number of pyridine rings is 1. The van der Waals surface area contributed by atoms with Gasteiger partial charge in [0.2, 0.25) is 5.88 Å². The second-order valence-electron chi connectivity index (χ2n) is 4.91. The van der Waals surface area contributed by atoms with Gasteiger partial charge in [-0.1, -0.05) is 0 Å². The highest BCUT2D eigenvalue weighted by Gasteiger charge is 2.31. The first-order valence-corrected chi connectivity index (χ1v) is 8.37. The molecule has 0 amide bonds. The van der Waals surface area contributed by atoms with E-state index in [1.54, 1.807) is 0 Å². The molecule has 1 aromatic heterocycles. The minimum atomic E-state index is -4.92. The molecule has 1 aromatic carbocycles. The average molecular weight is 416 g/mol. The van der Waals surface area contributed by atoms with Gasteiger partial charge in [-0.2, -0.15) is 13.2 Å². The van der Waals surface area contributed by atoms with Crippen molar-refractivity contribution in [3.63, 3.8) is 0 Å². The van der Waals surface area contributed by atoms with Crippen molar-refractivity contribution < 1.29 is 44.2 Å². The number of hydrogen-bond acceptors (Lipinski definition) is 5. The van der Waals surface area contributed by atoms with Gasteiger partial charge in [-0.25, -0.2) is 13.4 Å². The number of rotatable bonds is 6. The topological polar surface area (TPSA) is 77.5 Å². The number of sulfonamides is 1. The van der Waals surface area contributed by atoms with Gasteiger partial charge >= 0.3 is 12.5 Å². The summed E-state index contributed by atoms with van der Waals surface area (Å²) in [5.41, 5.74) is -0.0926. The van der Waals surface area contributed by atoms with Crippen LogP contribution >= 0.6 is 0 Å². The highest BCUT2D eigenvalue weighted by Crippen LogP contribution is 2.25. The normalized spacial score (nSPS) is 12.5. The molecular weight excluding hydrogens is 406 g/mol. The Kier molecular flexibility index (Phi) is 5.73. The van der Waals surface area contributed by atoms with Crippen LogP contribution in [-0.4, -0.2) is 32.5 Å². The Balaban J connectivity index is 2.05. The second kappa shape index (κ2) is 7.50. The molecule has 1 heterocycles. The van der Waals surface area contributed by atoms with Crippen LogP contribution in [0.4, 0.5) is 32.0 Å². The number of nitrogens with one attached hydrogen (secondary N) is 1. The standard InChI is InChI=1S/C14H10F6N2O4S/c15-13(16,17)8-25-12-6-1-9(7-21-12)22-27(23,24)11-4-2-10(3-5-11)26-14(18,19)20/h1-7,22H,8H2. The minimum absolute atomic E-state index is 0.0926. The Hall–Kier alpha value is -2.70. The van der Waals surface area contributed by atoms with E-state index in [2.05, 4.69) is 19.2 Å². The van der Waals surface area contributed by atoms with E-state index in [4.69, 9.17) is 0 Å². The van der Waals surface area contributed by atoms with Crippen molar-refractivity contribution in [3.8, 4) is 11.6 Å². The summed E-state index contributed by atoms with van der Waals surface area (Å²) >= 11 is 0. The van der Waals surface area contributed by atoms with Gasteiger partial charge in [0.05, 0.1) is 16.8 Å². The van der Waals surface area contributed by atoms with E-state index in [9.17, 15) is 34.8 Å². The van der Waals surface area contributed by atoms with Gasteiger partial charge in [0.25, 0.3) is 10.0 Å². The lowest BCUT2D eigenvalue weighted by molar-refractivity contribution is -0.274. The van der Waals surface area contributed by atoms with Crippen LogP contribution in [0.25, 0.3) is 0 Å². The molecule has 27 heavy (non-hydrogen) atoms. The fourth-order valence-electron chi connectivity index (χ4n) is 1.72. The van der Waals surface area contributed by atoms with Crippen LogP contribution in [0, 0.1) is 0 Å². The summed E-state index contributed by atoms with van der Waals surface area (Å²) in [5, 5.41) is 0. The molecular formula is C14H10F6N2O4S. The maximum atomic E-state index is 12.2. The number of benzene rings is 1. The van der Waals surface area contributed by atoms with Crippen LogP contribution in [0.3, 0.4) is 0 Å². The molecule has 6 nitrogen and oxygen atoms in total. The number of halogens is 6. The van der Waals surface area contributed by atoms with Crippen LogP contribution in [0.5, 0.6) is 11.6 Å². The fourth-order valence-corrected chi connectivity index (χ4v) is 2.76. The first kappa shape index (κ1) is 20.6. The third kappa shape index (κ3) is 6.84. The first-order chi connectivity index (χ1) is 12.3. The lowest BCUT2D eigenvalue weighted by atomic mass is 10.3. The van der Waals surface area contributed by atoms with Crippen molar-refractivity contribution in [2.75, 3.05) is 11.3 Å². The number of hydrogen-bond donors (Lipinski definition) is 1. The third-order valence-corrected chi connectivity index (χ3v) is 4.14. The molecule has 2 aromatic rings. The molecule has 1 N–H and O–H groups in total. The van der Waals surface area contributed by atoms with Crippen LogP contribution in [0.2, 0.25) is 0 Å². The van der Waals surface area contributed by atoms with Crippen molar-refractivity contribution in [3.05, 3.63) is 42.6 Å².